The molecule has 0 fully saturated rings. The summed E-state index contributed by atoms with van der Waals surface area (Å²) in [4.78, 5) is 28.6. The number of aliphatic imine (C=N–C) groups is 1. The standard InChI is InChI=1S/C24H26ClN5O2/c1-5-27-15(3)17(12-26)13-30(4)24(32)22-19-11-18(25)7-8-20(19)28-23(29-22)16-6-9-21(31)14(2)10-16/h6-12,31H,5,13,26H2,1-4H3/b17-12-,27-15?. The maximum absolute atomic E-state index is 13.5. The first-order valence-corrected chi connectivity index (χ1v) is 10.6. The second kappa shape index (κ2) is 9.78. The van der Waals surface area contributed by atoms with Gasteiger partial charge in [0.25, 0.3) is 5.91 Å². The Morgan fingerprint density at radius 1 is 1.25 bits per heavy atom. The quantitative estimate of drug-likeness (QED) is 0.542. The highest BCUT2D eigenvalue weighted by molar-refractivity contribution is 6.31. The Morgan fingerprint density at radius 3 is 2.66 bits per heavy atom. The first kappa shape index (κ1) is 23.2. The molecule has 0 radical (unpaired) electrons. The molecule has 32 heavy (non-hydrogen) atoms. The van der Waals surface area contributed by atoms with E-state index in [1.807, 2.05) is 13.8 Å². The molecule has 2 aromatic carbocycles. The molecule has 3 N–H and O–H groups in total. The molecule has 0 saturated carbocycles. The number of hydrogen-bond acceptors (Lipinski definition) is 6. The molecular weight excluding hydrogens is 426 g/mol. The van der Waals surface area contributed by atoms with E-state index >= 15 is 0 Å². The summed E-state index contributed by atoms with van der Waals surface area (Å²) < 4.78 is 0. The summed E-state index contributed by atoms with van der Waals surface area (Å²) in [5, 5.41) is 10.9. The number of carbonyl (C=O) groups is 1. The smallest absolute Gasteiger partial charge is 0.273 e. The van der Waals surface area contributed by atoms with Crippen molar-refractivity contribution in [1.82, 2.24) is 14.9 Å². The summed E-state index contributed by atoms with van der Waals surface area (Å²) in [5.74, 6) is 0.278. The van der Waals surface area contributed by atoms with E-state index < -0.39 is 0 Å². The molecule has 0 aliphatic heterocycles. The molecule has 0 unspecified atom stereocenters. The molecule has 0 spiro atoms. The van der Waals surface area contributed by atoms with Gasteiger partial charge in [-0.2, -0.15) is 0 Å². The van der Waals surface area contributed by atoms with Crippen LogP contribution in [0.25, 0.3) is 22.3 Å². The predicted octanol–water partition coefficient (Wildman–Crippen LogP) is 4.36. The fourth-order valence-electron chi connectivity index (χ4n) is 3.32. The van der Waals surface area contributed by atoms with Crippen molar-refractivity contribution in [3.63, 3.8) is 0 Å². The van der Waals surface area contributed by atoms with Gasteiger partial charge in [0.1, 0.15) is 11.4 Å². The Bertz CT molecular complexity index is 1240. The first-order valence-electron chi connectivity index (χ1n) is 10.2. The van der Waals surface area contributed by atoms with Crippen LogP contribution in [0, 0.1) is 6.92 Å². The van der Waals surface area contributed by atoms with Gasteiger partial charge >= 0.3 is 0 Å². The van der Waals surface area contributed by atoms with E-state index in [1.54, 1.807) is 55.3 Å². The van der Waals surface area contributed by atoms with E-state index in [-0.39, 0.29) is 23.9 Å². The number of amides is 1. The van der Waals surface area contributed by atoms with Crippen LogP contribution in [-0.4, -0.2) is 51.7 Å². The number of phenolic OH excluding ortho intramolecular Hbond substituents is 1. The summed E-state index contributed by atoms with van der Waals surface area (Å²) in [6, 6.07) is 10.3. The summed E-state index contributed by atoms with van der Waals surface area (Å²) in [6.07, 6.45) is 1.47. The number of aryl methyl sites for hydroxylation is 1. The van der Waals surface area contributed by atoms with E-state index in [9.17, 15) is 9.90 Å². The Hall–Kier alpha value is -3.45. The van der Waals surface area contributed by atoms with Gasteiger partial charge in [0.05, 0.1) is 5.52 Å². The van der Waals surface area contributed by atoms with E-state index in [0.717, 1.165) is 11.3 Å². The number of aromatic hydroxyl groups is 1. The average molecular weight is 452 g/mol. The van der Waals surface area contributed by atoms with Gasteiger partial charge in [-0.3, -0.25) is 9.79 Å². The van der Waals surface area contributed by atoms with Gasteiger partial charge in [-0.15, -0.1) is 0 Å². The molecule has 0 saturated heterocycles. The largest absolute Gasteiger partial charge is 0.508 e. The first-order chi connectivity index (χ1) is 15.2. The molecule has 0 aliphatic carbocycles. The minimum absolute atomic E-state index is 0.183. The van der Waals surface area contributed by atoms with Crippen molar-refractivity contribution < 1.29 is 9.90 Å². The molecule has 166 valence electrons. The predicted molar refractivity (Wildman–Crippen MR) is 129 cm³/mol. The Balaban J connectivity index is 2.09. The van der Waals surface area contributed by atoms with Crippen LogP contribution in [0.1, 0.15) is 29.9 Å². The summed E-state index contributed by atoms with van der Waals surface area (Å²) in [6.45, 7) is 6.51. The zero-order valence-electron chi connectivity index (χ0n) is 18.6. The zero-order valence-corrected chi connectivity index (χ0v) is 19.3. The van der Waals surface area contributed by atoms with Crippen molar-refractivity contribution in [2.75, 3.05) is 20.1 Å². The van der Waals surface area contributed by atoms with Crippen molar-refractivity contribution in [3.8, 4) is 17.1 Å². The molecule has 8 heteroatoms. The van der Waals surface area contributed by atoms with Crippen LogP contribution in [0.15, 0.2) is 53.2 Å². The van der Waals surface area contributed by atoms with Crippen LogP contribution in [-0.2, 0) is 0 Å². The fraction of sp³-hybridized carbons (Fsp3) is 0.250. The van der Waals surface area contributed by atoms with Crippen molar-refractivity contribution in [2.45, 2.75) is 20.8 Å². The second-order valence-corrected chi connectivity index (χ2v) is 7.91. The van der Waals surface area contributed by atoms with Gasteiger partial charge in [0.2, 0.25) is 0 Å². The number of nitrogens with two attached hydrogens (primary N) is 1. The van der Waals surface area contributed by atoms with Gasteiger partial charge in [0.15, 0.2) is 5.82 Å². The number of hydrogen-bond donors (Lipinski definition) is 2. The maximum atomic E-state index is 13.5. The van der Waals surface area contributed by atoms with Crippen LogP contribution >= 0.6 is 11.6 Å². The number of likely N-dealkylation sites (N-methyl/N-ethyl adjacent to an activating group) is 1. The highest BCUT2D eigenvalue weighted by Crippen LogP contribution is 2.27. The van der Waals surface area contributed by atoms with Gasteiger partial charge in [-0.1, -0.05) is 11.6 Å². The Morgan fingerprint density at radius 2 is 2.00 bits per heavy atom. The lowest BCUT2D eigenvalue weighted by molar-refractivity contribution is 0.0805. The minimum atomic E-state index is -0.292. The van der Waals surface area contributed by atoms with Crippen molar-refractivity contribution in [1.29, 1.82) is 0 Å². The molecule has 3 rings (SSSR count). The minimum Gasteiger partial charge on any atom is -0.508 e. The van der Waals surface area contributed by atoms with Crippen LogP contribution < -0.4 is 5.73 Å². The molecule has 3 aromatic rings. The molecule has 1 heterocycles. The molecule has 1 amide bonds. The number of aromatic nitrogens is 2. The highest BCUT2D eigenvalue weighted by atomic mass is 35.5. The van der Waals surface area contributed by atoms with Crippen molar-refractivity contribution >= 4 is 34.1 Å². The Kier molecular flexibility index (Phi) is 7.10. The van der Waals surface area contributed by atoms with Gasteiger partial charge in [-0.25, -0.2) is 9.97 Å². The van der Waals surface area contributed by atoms with E-state index in [1.165, 1.54) is 6.20 Å². The zero-order chi connectivity index (χ0) is 23.4. The fourth-order valence-corrected chi connectivity index (χ4v) is 3.49. The van der Waals surface area contributed by atoms with E-state index in [2.05, 4.69) is 15.0 Å². The molecule has 1 aromatic heterocycles. The third-order valence-electron chi connectivity index (χ3n) is 5.13. The van der Waals surface area contributed by atoms with Crippen LogP contribution in [0.5, 0.6) is 5.75 Å². The summed E-state index contributed by atoms with van der Waals surface area (Å²) >= 11 is 6.20. The number of benzene rings is 2. The normalized spacial score (nSPS) is 12.3. The lowest BCUT2D eigenvalue weighted by Gasteiger charge is -2.20. The lowest BCUT2D eigenvalue weighted by atomic mass is 10.1. The van der Waals surface area contributed by atoms with Gasteiger partial charge in [0, 0.05) is 53.6 Å². The van der Waals surface area contributed by atoms with Crippen LogP contribution in [0.4, 0.5) is 0 Å². The topological polar surface area (TPSA) is 105 Å². The molecule has 0 atom stereocenters. The number of phenols is 1. The summed E-state index contributed by atoms with van der Waals surface area (Å²) in [5.41, 5.74) is 9.55. The van der Waals surface area contributed by atoms with E-state index in [4.69, 9.17) is 17.3 Å². The monoisotopic (exact) mass is 451 g/mol. The van der Waals surface area contributed by atoms with E-state index in [0.29, 0.717) is 39.4 Å². The van der Waals surface area contributed by atoms with Crippen molar-refractivity contribution in [2.24, 2.45) is 10.7 Å². The number of fused-ring (bicyclic) bond motifs is 1. The van der Waals surface area contributed by atoms with Crippen LogP contribution in [0.2, 0.25) is 5.02 Å². The lowest BCUT2D eigenvalue weighted by Crippen LogP contribution is -2.31. The third kappa shape index (κ3) is 4.89. The number of carbonyl (C=O) groups excluding carboxylic acids is 1. The van der Waals surface area contributed by atoms with Gasteiger partial charge < -0.3 is 15.7 Å². The number of rotatable bonds is 6. The Labute approximate surface area is 192 Å². The highest BCUT2D eigenvalue weighted by Gasteiger charge is 2.21. The number of halogens is 1. The molecule has 0 bridgehead atoms. The third-order valence-corrected chi connectivity index (χ3v) is 5.37. The average Bonchev–Trinajstić information content (AvgIpc) is 2.78. The molecule has 7 nitrogen and oxygen atoms in total. The second-order valence-electron chi connectivity index (χ2n) is 7.47. The van der Waals surface area contributed by atoms with Crippen LogP contribution in [0.3, 0.4) is 0 Å². The SMILES string of the molecule is CCN=C(C)/C(=C\N)CN(C)C(=O)c1nc(-c2ccc(O)c(C)c2)nc2ccc(Cl)cc12. The molecular formula is C24H26ClN5O2. The molecule has 0 aliphatic rings. The maximum Gasteiger partial charge on any atom is 0.273 e. The van der Waals surface area contributed by atoms with Gasteiger partial charge in [-0.05, 0) is 62.7 Å². The number of nitrogens with zero attached hydrogens (tertiary/aromatic N) is 4. The summed E-state index contributed by atoms with van der Waals surface area (Å²) in [7, 11) is 1.69. The van der Waals surface area contributed by atoms with Crippen molar-refractivity contribution in [3.05, 3.63) is 64.5 Å².